The second-order valence-electron chi connectivity index (χ2n) is 7.51. The molecule has 2 nitrogen and oxygen atoms in total. The molecule has 28 heavy (non-hydrogen) atoms. The van der Waals surface area contributed by atoms with Gasteiger partial charge in [0.05, 0.1) is 11.1 Å². The van der Waals surface area contributed by atoms with Gasteiger partial charge in [0.1, 0.15) is 6.10 Å². The number of ether oxygens (including phenoxy) is 1. The topological polar surface area (TPSA) is 26.3 Å². The zero-order valence-electron chi connectivity index (χ0n) is 17.3. The minimum Gasteiger partial charge on any atom is -0.459 e. The molecule has 0 saturated carbocycles. The lowest BCUT2D eigenvalue weighted by Gasteiger charge is -2.18. The van der Waals surface area contributed by atoms with E-state index in [1.54, 1.807) is 0 Å². The van der Waals surface area contributed by atoms with Crippen molar-refractivity contribution in [1.82, 2.24) is 0 Å². The highest BCUT2D eigenvalue weighted by molar-refractivity contribution is 5.89. The van der Waals surface area contributed by atoms with Gasteiger partial charge in [-0.25, -0.2) is 4.79 Å². The summed E-state index contributed by atoms with van der Waals surface area (Å²) in [5, 5.41) is 0. The third kappa shape index (κ3) is 10.1. The quantitative estimate of drug-likeness (QED) is 0.234. The third-order valence-corrected chi connectivity index (χ3v) is 4.98. The monoisotopic (exact) mass is 400 g/mol. The van der Waals surface area contributed by atoms with Crippen molar-refractivity contribution in [2.75, 3.05) is 0 Å². The van der Waals surface area contributed by atoms with Crippen molar-refractivity contribution in [1.29, 1.82) is 0 Å². The smallest absolute Gasteiger partial charge is 0.416 e. The summed E-state index contributed by atoms with van der Waals surface area (Å²) in [5.74, 6) is -0.533. The Kier molecular flexibility index (Phi) is 11.9. The van der Waals surface area contributed by atoms with Crippen molar-refractivity contribution in [2.45, 2.75) is 103 Å². The predicted octanol–water partition coefficient (Wildman–Crippen LogP) is 7.95. The lowest BCUT2D eigenvalue weighted by atomic mass is 10.0. The van der Waals surface area contributed by atoms with Crippen LogP contribution in [0.2, 0.25) is 0 Å². The number of alkyl halides is 3. The second kappa shape index (κ2) is 13.6. The third-order valence-electron chi connectivity index (χ3n) is 4.98. The molecule has 0 aromatic heterocycles. The molecule has 0 aliphatic rings. The Morgan fingerprint density at radius 3 is 1.86 bits per heavy atom. The van der Waals surface area contributed by atoms with Gasteiger partial charge in [0.15, 0.2) is 0 Å². The number of carbonyl (C=O) groups excluding carboxylic acids is 1. The molecule has 1 rings (SSSR count). The maximum atomic E-state index is 12.6. The van der Waals surface area contributed by atoms with Crippen molar-refractivity contribution in [3.63, 3.8) is 0 Å². The number of esters is 1. The van der Waals surface area contributed by atoms with Gasteiger partial charge in [-0.05, 0) is 43.5 Å². The van der Waals surface area contributed by atoms with Gasteiger partial charge in [-0.15, -0.1) is 0 Å². The van der Waals surface area contributed by atoms with Crippen LogP contribution >= 0.6 is 0 Å². The maximum Gasteiger partial charge on any atom is 0.416 e. The first-order valence-electron chi connectivity index (χ1n) is 10.8. The minimum absolute atomic E-state index is 0.158. The molecule has 0 spiro atoms. The highest BCUT2D eigenvalue weighted by Crippen LogP contribution is 2.29. The number of benzene rings is 1. The summed E-state index contributed by atoms with van der Waals surface area (Å²) in [6.45, 7) is 4.30. The van der Waals surface area contributed by atoms with Crippen LogP contribution in [-0.4, -0.2) is 12.1 Å². The van der Waals surface area contributed by atoms with Gasteiger partial charge >= 0.3 is 12.1 Å². The second-order valence-corrected chi connectivity index (χ2v) is 7.51. The first-order valence-corrected chi connectivity index (χ1v) is 10.8. The highest BCUT2D eigenvalue weighted by Gasteiger charge is 2.30. The Labute approximate surface area is 167 Å². The van der Waals surface area contributed by atoms with Crippen LogP contribution in [0.1, 0.15) is 107 Å². The first kappa shape index (κ1) is 24.5. The van der Waals surface area contributed by atoms with E-state index in [4.69, 9.17) is 4.74 Å². The van der Waals surface area contributed by atoms with Gasteiger partial charge in [-0.1, -0.05) is 71.6 Å². The van der Waals surface area contributed by atoms with Gasteiger partial charge in [0, 0.05) is 0 Å². The predicted molar refractivity (Wildman–Crippen MR) is 107 cm³/mol. The lowest BCUT2D eigenvalue weighted by Crippen LogP contribution is -2.18. The molecule has 1 atom stereocenters. The molecule has 5 heteroatoms. The molecule has 0 saturated heterocycles. The molecule has 0 aliphatic carbocycles. The fourth-order valence-electron chi connectivity index (χ4n) is 3.21. The molecule has 0 aliphatic heterocycles. The van der Waals surface area contributed by atoms with Gasteiger partial charge in [0.25, 0.3) is 0 Å². The molecule has 0 radical (unpaired) electrons. The largest absolute Gasteiger partial charge is 0.459 e. The fraction of sp³-hybridized carbons (Fsp3) is 0.696. The highest BCUT2D eigenvalue weighted by atomic mass is 19.4. The number of unbranched alkanes of at least 4 members (excludes halogenated alkanes) is 8. The Balaban J connectivity index is 2.43. The van der Waals surface area contributed by atoms with Gasteiger partial charge < -0.3 is 4.74 Å². The molecule has 1 aromatic rings. The summed E-state index contributed by atoms with van der Waals surface area (Å²) in [4.78, 5) is 12.3. The van der Waals surface area contributed by atoms with Crippen LogP contribution in [-0.2, 0) is 10.9 Å². The molecule has 0 N–H and O–H groups in total. The SMILES string of the molecule is CCCCCCCCCCC(CCCC)OC(=O)c1ccc(C(F)(F)F)cc1. The zero-order valence-corrected chi connectivity index (χ0v) is 17.3. The molecule has 0 heterocycles. The summed E-state index contributed by atoms with van der Waals surface area (Å²) in [7, 11) is 0. The van der Waals surface area contributed by atoms with E-state index in [9.17, 15) is 18.0 Å². The van der Waals surface area contributed by atoms with Crippen molar-refractivity contribution >= 4 is 5.97 Å². The van der Waals surface area contributed by atoms with E-state index in [-0.39, 0.29) is 11.7 Å². The average Bonchev–Trinajstić information content (AvgIpc) is 2.67. The molecule has 0 fully saturated rings. The van der Waals surface area contributed by atoms with E-state index in [1.807, 2.05) is 0 Å². The molecule has 160 valence electrons. The van der Waals surface area contributed by atoms with Gasteiger partial charge in [0.2, 0.25) is 0 Å². The molecule has 0 amide bonds. The van der Waals surface area contributed by atoms with Crippen LogP contribution in [0, 0.1) is 0 Å². The summed E-state index contributed by atoms with van der Waals surface area (Å²) in [6.07, 6.45) is 8.82. The average molecular weight is 401 g/mol. The first-order chi connectivity index (χ1) is 13.4. The molecular weight excluding hydrogens is 365 g/mol. The van der Waals surface area contributed by atoms with Crippen molar-refractivity contribution < 1.29 is 22.7 Å². The maximum absolute atomic E-state index is 12.6. The van der Waals surface area contributed by atoms with Crippen LogP contribution in [0.5, 0.6) is 0 Å². The Morgan fingerprint density at radius 1 is 0.821 bits per heavy atom. The number of rotatable bonds is 14. The molecule has 0 bridgehead atoms. The van der Waals surface area contributed by atoms with E-state index in [2.05, 4.69) is 13.8 Å². The summed E-state index contributed by atoms with van der Waals surface area (Å²) < 4.78 is 43.5. The van der Waals surface area contributed by atoms with Crippen molar-refractivity contribution in [3.8, 4) is 0 Å². The zero-order chi connectivity index (χ0) is 20.8. The van der Waals surface area contributed by atoms with Crippen molar-refractivity contribution in [3.05, 3.63) is 35.4 Å². The Bertz CT molecular complexity index is 538. The lowest BCUT2D eigenvalue weighted by molar-refractivity contribution is -0.137. The van der Waals surface area contributed by atoms with Crippen LogP contribution in [0.15, 0.2) is 24.3 Å². The van der Waals surface area contributed by atoms with E-state index < -0.39 is 17.7 Å². The molecular formula is C23H35F3O2. The van der Waals surface area contributed by atoms with E-state index in [0.29, 0.717) is 0 Å². The normalized spacial score (nSPS) is 12.8. The standard InChI is InChI=1S/C23H35F3O2/c1-3-5-7-8-9-10-11-12-14-21(13-6-4-2)28-22(27)19-15-17-20(18-16-19)23(24,25)26/h15-18,21H,3-14H2,1-2H3. The number of carbonyl (C=O) groups is 1. The fourth-order valence-corrected chi connectivity index (χ4v) is 3.21. The molecule has 1 unspecified atom stereocenters. The van der Waals surface area contributed by atoms with E-state index in [0.717, 1.165) is 50.7 Å². The van der Waals surface area contributed by atoms with Crippen LogP contribution in [0.25, 0.3) is 0 Å². The molecule has 1 aromatic carbocycles. The minimum atomic E-state index is -4.40. The Hall–Kier alpha value is -1.52. The van der Waals surface area contributed by atoms with Gasteiger partial charge in [-0.3, -0.25) is 0 Å². The van der Waals surface area contributed by atoms with Crippen LogP contribution in [0.3, 0.4) is 0 Å². The number of halogens is 3. The number of hydrogen-bond acceptors (Lipinski definition) is 2. The summed E-state index contributed by atoms with van der Waals surface area (Å²) in [5.41, 5.74) is -0.587. The Morgan fingerprint density at radius 2 is 1.32 bits per heavy atom. The van der Waals surface area contributed by atoms with Crippen LogP contribution < -0.4 is 0 Å². The van der Waals surface area contributed by atoms with Crippen LogP contribution in [0.4, 0.5) is 13.2 Å². The number of hydrogen-bond donors (Lipinski definition) is 0. The van der Waals surface area contributed by atoms with E-state index in [1.165, 1.54) is 50.7 Å². The summed E-state index contributed by atoms with van der Waals surface area (Å²) >= 11 is 0. The van der Waals surface area contributed by atoms with Crippen molar-refractivity contribution in [2.24, 2.45) is 0 Å². The van der Waals surface area contributed by atoms with Gasteiger partial charge in [-0.2, -0.15) is 13.2 Å². The van der Waals surface area contributed by atoms with E-state index >= 15 is 0 Å². The summed E-state index contributed by atoms with van der Waals surface area (Å²) in [6, 6.07) is 4.24.